The highest BCUT2D eigenvalue weighted by atomic mass is 16.9. The summed E-state index contributed by atoms with van der Waals surface area (Å²) < 4.78 is 36.6. The van der Waals surface area contributed by atoms with Crippen LogP contribution in [0.4, 0.5) is 0 Å². The molecule has 11 nitrogen and oxygen atoms in total. The lowest BCUT2D eigenvalue weighted by molar-refractivity contribution is -0.287. The molecule has 0 saturated carbocycles. The second kappa shape index (κ2) is 10.3. The molecule has 1 unspecified atom stereocenters. The van der Waals surface area contributed by atoms with Crippen LogP contribution in [-0.2, 0) is 33.2 Å². The second-order valence-corrected chi connectivity index (χ2v) is 12.0. The second-order valence-electron chi connectivity index (χ2n) is 12.0. The Bertz CT molecular complexity index is 887. The van der Waals surface area contributed by atoms with Gasteiger partial charge in [0.15, 0.2) is 11.6 Å². The predicted octanol–water partition coefficient (Wildman–Crippen LogP) is 0.826. The summed E-state index contributed by atoms with van der Waals surface area (Å²) >= 11 is 0. The van der Waals surface area contributed by atoms with Crippen molar-refractivity contribution < 1.29 is 33.2 Å². The Hall–Kier alpha value is -1.36. The number of nitrogens with one attached hydrogen (secondary N) is 1. The van der Waals surface area contributed by atoms with Gasteiger partial charge in [-0.3, -0.25) is 9.69 Å². The van der Waals surface area contributed by atoms with Crippen molar-refractivity contribution in [3.8, 4) is 6.07 Å². The molecule has 5 aliphatic heterocycles. The first-order valence-corrected chi connectivity index (χ1v) is 13.5. The molecule has 5 saturated heterocycles. The molecule has 0 aromatic rings. The summed E-state index contributed by atoms with van der Waals surface area (Å²) in [6, 6.07) is 2.15. The van der Waals surface area contributed by atoms with E-state index in [1.54, 1.807) is 12.0 Å². The molecule has 5 fully saturated rings. The third-order valence-electron chi connectivity index (χ3n) is 8.11. The minimum absolute atomic E-state index is 0.0140. The zero-order chi connectivity index (χ0) is 26.4. The van der Waals surface area contributed by atoms with Crippen LogP contribution in [0.15, 0.2) is 0 Å². The Labute approximate surface area is 219 Å². The van der Waals surface area contributed by atoms with Crippen LogP contribution in [0.1, 0.15) is 47.0 Å². The number of hydrogen-bond acceptors (Lipinski definition) is 10. The van der Waals surface area contributed by atoms with Crippen LogP contribution in [0.2, 0.25) is 0 Å². The fraction of sp³-hybridized carbons (Fsp3) is 0.923. The number of methoxy groups -OCH3 is 1. The highest BCUT2D eigenvalue weighted by Gasteiger charge is 2.65. The third-order valence-corrected chi connectivity index (χ3v) is 8.11. The van der Waals surface area contributed by atoms with Gasteiger partial charge in [0, 0.05) is 25.6 Å². The molecular weight excluding hydrogens is 480 g/mol. The molecule has 5 heterocycles. The third kappa shape index (κ3) is 5.68. The van der Waals surface area contributed by atoms with Gasteiger partial charge in [0.2, 0.25) is 11.7 Å². The van der Waals surface area contributed by atoms with Crippen LogP contribution in [0.25, 0.3) is 0 Å². The molecule has 208 valence electrons. The Morgan fingerprint density at radius 2 is 1.89 bits per heavy atom. The van der Waals surface area contributed by atoms with Gasteiger partial charge in [0.1, 0.15) is 24.4 Å². The minimum Gasteiger partial charge on any atom is -0.384 e. The average Bonchev–Trinajstić information content (AvgIpc) is 3.48. The number of nitrogens with zero attached hydrogens (tertiary/aromatic N) is 3. The molecular formula is C26H42N4O7. The fourth-order valence-corrected chi connectivity index (χ4v) is 6.58. The Morgan fingerprint density at radius 1 is 1.14 bits per heavy atom. The maximum Gasteiger partial charge on any atom is 0.237 e. The number of rotatable bonds is 7. The first-order valence-electron chi connectivity index (χ1n) is 13.5. The monoisotopic (exact) mass is 522 g/mol. The van der Waals surface area contributed by atoms with Gasteiger partial charge in [-0.15, -0.1) is 0 Å². The van der Waals surface area contributed by atoms with Gasteiger partial charge in [0.25, 0.3) is 0 Å². The highest BCUT2D eigenvalue weighted by molar-refractivity contribution is 5.79. The number of likely N-dealkylation sites (tertiary alicyclic amines) is 2. The van der Waals surface area contributed by atoms with Gasteiger partial charge in [-0.25, -0.2) is 0 Å². The molecule has 0 aromatic heterocycles. The normalized spacial score (nSPS) is 39.4. The summed E-state index contributed by atoms with van der Waals surface area (Å²) in [5, 5.41) is 12.9. The maximum atomic E-state index is 12.8. The van der Waals surface area contributed by atoms with Crippen molar-refractivity contribution in [1.29, 1.82) is 5.26 Å². The molecule has 0 aliphatic carbocycles. The van der Waals surface area contributed by atoms with Gasteiger partial charge in [-0.2, -0.15) is 5.26 Å². The molecule has 5 aliphatic rings. The summed E-state index contributed by atoms with van der Waals surface area (Å²) in [5.41, 5.74) is 0. The SMILES string of the molecule is COCC1C[C@@H](C#N)N(C(=O)CNC2CCN(C[C@@]34OC[C@H]5OC(C)(C)O[C@H]5[C@@H]3OC(C)(C)O4)CC2)C1. The number of carbonyl (C=O) groups is 1. The number of carbonyl (C=O) groups excluding carboxylic acids is 1. The van der Waals surface area contributed by atoms with Gasteiger partial charge >= 0.3 is 0 Å². The molecule has 1 N–H and O–H groups in total. The topological polar surface area (TPSA) is 115 Å². The smallest absolute Gasteiger partial charge is 0.237 e. The minimum atomic E-state index is -0.911. The van der Waals surface area contributed by atoms with Crippen LogP contribution in [0.3, 0.4) is 0 Å². The van der Waals surface area contributed by atoms with Crippen LogP contribution in [0.5, 0.6) is 0 Å². The van der Waals surface area contributed by atoms with Crippen LogP contribution >= 0.6 is 0 Å². The van der Waals surface area contributed by atoms with Crippen molar-refractivity contribution in [1.82, 2.24) is 15.1 Å². The zero-order valence-electron chi connectivity index (χ0n) is 22.7. The van der Waals surface area contributed by atoms with Gasteiger partial charge < -0.3 is 38.6 Å². The molecule has 5 rings (SSSR count). The lowest BCUT2D eigenvalue weighted by atomic mass is 9.95. The Balaban J connectivity index is 1.13. The number of piperidine rings is 1. The maximum absolute atomic E-state index is 12.8. The molecule has 0 aromatic carbocycles. The first kappa shape index (κ1) is 27.2. The largest absolute Gasteiger partial charge is 0.384 e. The molecule has 6 atom stereocenters. The molecule has 0 spiro atoms. The quantitative estimate of drug-likeness (QED) is 0.515. The van der Waals surface area contributed by atoms with Crippen molar-refractivity contribution in [2.45, 2.75) is 94.7 Å². The van der Waals surface area contributed by atoms with Crippen molar-refractivity contribution in [2.24, 2.45) is 5.92 Å². The zero-order valence-corrected chi connectivity index (χ0v) is 22.7. The van der Waals surface area contributed by atoms with E-state index in [-0.39, 0.29) is 48.8 Å². The Morgan fingerprint density at radius 3 is 2.59 bits per heavy atom. The number of ether oxygens (including phenoxy) is 6. The molecule has 37 heavy (non-hydrogen) atoms. The molecule has 0 radical (unpaired) electrons. The van der Waals surface area contributed by atoms with E-state index in [2.05, 4.69) is 16.3 Å². The van der Waals surface area contributed by atoms with E-state index < -0.39 is 17.4 Å². The van der Waals surface area contributed by atoms with E-state index in [1.807, 2.05) is 27.7 Å². The van der Waals surface area contributed by atoms with Crippen LogP contribution < -0.4 is 5.32 Å². The van der Waals surface area contributed by atoms with Gasteiger partial charge in [0.05, 0.1) is 32.4 Å². The number of amides is 1. The summed E-state index contributed by atoms with van der Waals surface area (Å²) in [7, 11) is 1.65. The van der Waals surface area contributed by atoms with E-state index in [9.17, 15) is 10.1 Å². The standard InChI is InChI=1S/C26H42N4O7/c1-24(2)34-20-15-33-26(23(22(20)35-24)36-25(3,4)37-26)16-29-8-6-18(7-9-29)28-12-21(31)30-13-17(14-32-5)10-19(30)11-27/h17-20,22-23,28H,6-10,12-16H2,1-5H3/t17?,19-,20+,22+,23-,26-/m0/s1. The first-order chi connectivity index (χ1) is 17.5. The summed E-state index contributed by atoms with van der Waals surface area (Å²) in [6.07, 6.45) is 1.68. The van der Waals surface area contributed by atoms with Crippen LogP contribution in [-0.4, -0.2) is 117 Å². The fourth-order valence-electron chi connectivity index (χ4n) is 6.58. The Kier molecular flexibility index (Phi) is 7.59. The van der Waals surface area contributed by atoms with Gasteiger partial charge in [-0.1, -0.05) is 0 Å². The van der Waals surface area contributed by atoms with Crippen molar-refractivity contribution >= 4 is 5.91 Å². The van der Waals surface area contributed by atoms with Gasteiger partial charge in [-0.05, 0) is 60.0 Å². The summed E-state index contributed by atoms with van der Waals surface area (Å²) in [6.45, 7) is 11.7. The number of fused-ring (bicyclic) bond motifs is 3. The van der Waals surface area contributed by atoms with E-state index in [4.69, 9.17) is 28.4 Å². The van der Waals surface area contributed by atoms with Crippen molar-refractivity contribution in [2.75, 3.05) is 53.0 Å². The summed E-state index contributed by atoms with van der Waals surface area (Å²) in [5.74, 6) is -2.17. The van der Waals surface area contributed by atoms with Crippen molar-refractivity contribution in [3.63, 3.8) is 0 Å². The van der Waals surface area contributed by atoms with E-state index >= 15 is 0 Å². The number of nitriles is 1. The van der Waals surface area contributed by atoms with Crippen LogP contribution in [0, 0.1) is 17.2 Å². The number of hydrogen-bond donors (Lipinski definition) is 1. The van der Waals surface area contributed by atoms with E-state index in [0.29, 0.717) is 32.7 Å². The molecule has 11 heteroatoms. The average molecular weight is 523 g/mol. The predicted molar refractivity (Wildman–Crippen MR) is 131 cm³/mol. The van der Waals surface area contributed by atoms with E-state index in [1.165, 1.54) is 0 Å². The lowest BCUT2D eigenvalue weighted by Gasteiger charge is -2.44. The van der Waals surface area contributed by atoms with E-state index in [0.717, 1.165) is 25.9 Å². The lowest BCUT2D eigenvalue weighted by Crippen LogP contribution is -2.63. The highest BCUT2D eigenvalue weighted by Crippen LogP contribution is 2.47. The molecule has 1 amide bonds. The summed E-state index contributed by atoms with van der Waals surface area (Å²) in [4.78, 5) is 16.9. The molecule has 0 bridgehead atoms. The van der Waals surface area contributed by atoms with Crippen molar-refractivity contribution in [3.05, 3.63) is 0 Å².